The second kappa shape index (κ2) is 10.5. The van der Waals surface area contributed by atoms with Crippen LogP contribution in [0.25, 0.3) is 11.7 Å². The minimum Gasteiger partial charge on any atom is -0.490 e. The highest BCUT2D eigenvalue weighted by Crippen LogP contribution is 2.37. The largest absolute Gasteiger partial charge is 0.490 e. The Balaban J connectivity index is 1.48. The quantitative estimate of drug-likeness (QED) is 0.456. The van der Waals surface area contributed by atoms with Crippen molar-refractivity contribution in [1.29, 1.82) is 5.26 Å². The van der Waals surface area contributed by atoms with Crippen LogP contribution in [0.4, 0.5) is 5.88 Å². The summed E-state index contributed by atoms with van der Waals surface area (Å²) in [4.78, 5) is 21.1. The first-order valence-corrected chi connectivity index (χ1v) is 11.5. The van der Waals surface area contributed by atoms with Gasteiger partial charge in [-0.05, 0) is 37.6 Å². The van der Waals surface area contributed by atoms with E-state index >= 15 is 0 Å². The monoisotopic (exact) mass is 484 g/mol. The molecule has 178 valence electrons. The zero-order valence-corrected chi connectivity index (χ0v) is 19.8. The number of aromatic nitrogens is 1. The molecule has 0 spiro atoms. The Morgan fingerprint density at radius 3 is 2.68 bits per heavy atom. The molecule has 0 saturated carbocycles. The Morgan fingerprint density at radius 1 is 1.24 bits per heavy atom. The van der Waals surface area contributed by atoms with E-state index in [1.807, 2.05) is 18.7 Å². The van der Waals surface area contributed by atoms with Gasteiger partial charge < -0.3 is 28.1 Å². The van der Waals surface area contributed by atoms with Crippen molar-refractivity contribution in [3.63, 3.8) is 0 Å². The van der Waals surface area contributed by atoms with Crippen LogP contribution in [0, 0.1) is 11.3 Å². The molecule has 0 atom stereocenters. The molecule has 3 aromatic rings. The van der Waals surface area contributed by atoms with Crippen LogP contribution in [0.3, 0.4) is 0 Å². The van der Waals surface area contributed by atoms with Gasteiger partial charge in [-0.1, -0.05) is 18.5 Å². The van der Waals surface area contributed by atoms with Crippen LogP contribution in [0.2, 0.25) is 5.02 Å². The van der Waals surface area contributed by atoms with Gasteiger partial charge in [-0.15, -0.1) is 0 Å². The van der Waals surface area contributed by atoms with Crippen molar-refractivity contribution in [2.24, 2.45) is 0 Å². The topological polar surface area (TPSA) is 105 Å². The Bertz CT molecular complexity index is 1180. The third-order valence-electron chi connectivity index (χ3n) is 5.31. The molecule has 0 N–H and O–H groups in total. The molecule has 1 saturated heterocycles. The Hall–Kier alpha value is -3.64. The molecule has 10 heteroatoms. The van der Waals surface area contributed by atoms with Gasteiger partial charge in [0.15, 0.2) is 17.3 Å². The molecule has 34 heavy (non-hydrogen) atoms. The maximum atomic E-state index is 13.2. The molecule has 1 fully saturated rings. The predicted molar refractivity (Wildman–Crippen MR) is 125 cm³/mol. The smallest absolute Gasteiger partial charge is 0.266 e. The number of carbonyl (C=O) groups excluding carboxylic acids is 1. The molecule has 4 rings (SSSR count). The van der Waals surface area contributed by atoms with Crippen molar-refractivity contribution in [3.8, 4) is 29.2 Å². The first-order chi connectivity index (χ1) is 16.5. The van der Waals surface area contributed by atoms with Gasteiger partial charge in [0.25, 0.3) is 11.8 Å². The lowest BCUT2D eigenvalue weighted by Crippen LogP contribution is -2.48. The van der Waals surface area contributed by atoms with E-state index in [0.29, 0.717) is 73.1 Å². The average molecular weight is 485 g/mol. The molecular formula is C24H25ClN4O5. The second-order valence-corrected chi connectivity index (χ2v) is 8.02. The van der Waals surface area contributed by atoms with Crippen LogP contribution < -0.4 is 14.4 Å². The lowest BCUT2D eigenvalue weighted by atomic mass is 10.1. The van der Waals surface area contributed by atoms with E-state index in [-0.39, 0.29) is 17.5 Å². The molecule has 3 heterocycles. The molecule has 0 unspecified atom stereocenters. The molecule has 0 bridgehead atoms. The maximum Gasteiger partial charge on any atom is 0.266 e. The lowest BCUT2D eigenvalue weighted by molar-refractivity contribution is 0.0744. The minimum absolute atomic E-state index is 0.154. The van der Waals surface area contributed by atoms with E-state index in [1.54, 1.807) is 29.2 Å². The number of furan rings is 1. The van der Waals surface area contributed by atoms with E-state index in [1.165, 1.54) is 6.26 Å². The molecule has 1 aliphatic rings. The van der Waals surface area contributed by atoms with E-state index in [0.717, 1.165) is 6.42 Å². The number of hydrogen-bond donors (Lipinski definition) is 0. The van der Waals surface area contributed by atoms with Crippen molar-refractivity contribution < 1.29 is 23.1 Å². The number of nitriles is 1. The maximum absolute atomic E-state index is 13.2. The van der Waals surface area contributed by atoms with Crippen LogP contribution in [-0.2, 0) is 0 Å². The molecular weight excluding hydrogens is 460 g/mol. The highest BCUT2D eigenvalue weighted by atomic mass is 35.5. The summed E-state index contributed by atoms with van der Waals surface area (Å²) in [5.41, 5.74) is 0.616. The van der Waals surface area contributed by atoms with E-state index < -0.39 is 0 Å². The Labute approximate surface area is 202 Å². The summed E-state index contributed by atoms with van der Waals surface area (Å²) in [7, 11) is 0. The van der Waals surface area contributed by atoms with Crippen LogP contribution in [0.5, 0.6) is 11.5 Å². The molecule has 0 aliphatic carbocycles. The normalized spacial score (nSPS) is 13.6. The fraction of sp³-hybridized carbons (Fsp3) is 0.375. The molecule has 1 aliphatic heterocycles. The average Bonchev–Trinajstić information content (AvgIpc) is 3.53. The summed E-state index contributed by atoms with van der Waals surface area (Å²) < 4.78 is 22.5. The molecule has 0 radical (unpaired) electrons. The summed E-state index contributed by atoms with van der Waals surface area (Å²) in [6, 6.07) is 8.80. The number of anilines is 1. The zero-order chi connectivity index (χ0) is 24.1. The second-order valence-electron chi connectivity index (χ2n) is 7.61. The summed E-state index contributed by atoms with van der Waals surface area (Å²) in [6.07, 6.45) is 2.34. The van der Waals surface area contributed by atoms with Crippen molar-refractivity contribution in [1.82, 2.24) is 9.88 Å². The fourth-order valence-electron chi connectivity index (χ4n) is 3.70. The summed E-state index contributed by atoms with van der Waals surface area (Å²) in [6.45, 7) is 6.64. The van der Waals surface area contributed by atoms with Gasteiger partial charge in [0.05, 0.1) is 24.5 Å². The van der Waals surface area contributed by atoms with Gasteiger partial charge in [-0.3, -0.25) is 4.79 Å². The number of piperazine rings is 1. The number of halogens is 1. The SMILES string of the molecule is CCCOc1c(Cl)cc(C(=O)N2CCN(c3oc(-c4ccco4)nc3C#N)CC2)cc1OCC. The highest BCUT2D eigenvalue weighted by molar-refractivity contribution is 6.32. The summed E-state index contributed by atoms with van der Waals surface area (Å²) in [5.74, 6) is 1.83. The number of amides is 1. The first kappa shape index (κ1) is 23.5. The van der Waals surface area contributed by atoms with E-state index in [9.17, 15) is 10.1 Å². The number of hydrogen-bond acceptors (Lipinski definition) is 8. The molecule has 9 nitrogen and oxygen atoms in total. The number of benzene rings is 1. The highest BCUT2D eigenvalue weighted by Gasteiger charge is 2.28. The minimum atomic E-state index is -0.154. The lowest BCUT2D eigenvalue weighted by Gasteiger charge is -2.34. The number of ether oxygens (including phenoxy) is 2. The van der Waals surface area contributed by atoms with Gasteiger partial charge in [-0.25, -0.2) is 0 Å². The van der Waals surface area contributed by atoms with Gasteiger partial charge in [0.1, 0.15) is 6.07 Å². The summed E-state index contributed by atoms with van der Waals surface area (Å²) >= 11 is 6.43. The molecule has 2 aromatic heterocycles. The molecule has 1 amide bonds. The van der Waals surface area contributed by atoms with E-state index in [4.69, 9.17) is 29.9 Å². The summed E-state index contributed by atoms with van der Waals surface area (Å²) in [5, 5.41) is 9.83. The van der Waals surface area contributed by atoms with Gasteiger partial charge in [0, 0.05) is 31.7 Å². The number of nitrogens with zero attached hydrogens (tertiary/aromatic N) is 4. The third kappa shape index (κ3) is 4.82. The van der Waals surface area contributed by atoms with Crippen molar-refractivity contribution >= 4 is 23.4 Å². The standard InChI is InChI=1S/C24H25ClN4O5/c1-3-11-33-21-17(25)13-16(14-20(21)31-4-2)23(30)28-7-9-29(10-8-28)24-18(15-26)27-22(34-24)19-6-5-12-32-19/h5-6,12-14H,3-4,7-11H2,1-2H3. The van der Waals surface area contributed by atoms with E-state index in [2.05, 4.69) is 11.1 Å². The van der Waals surface area contributed by atoms with Crippen LogP contribution >= 0.6 is 11.6 Å². The van der Waals surface area contributed by atoms with Gasteiger partial charge in [-0.2, -0.15) is 10.2 Å². The number of oxazole rings is 1. The Kier molecular flexibility index (Phi) is 7.28. The third-order valence-corrected chi connectivity index (χ3v) is 5.59. The number of rotatable bonds is 8. The molecule has 1 aromatic carbocycles. The fourth-order valence-corrected chi connectivity index (χ4v) is 3.96. The predicted octanol–water partition coefficient (Wildman–Crippen LogP) is 4.61. The van der Waals surface area contributed by atoms with Crippen LogP contribution in [0.15, 0.2) is 39.4 Å². The van der Waals surface area contributed by atoms with Crippen molar-refractivity contribution in [3.05, 3.63) is 46.8 Å². The van der Waals surface area contributed by atoms with Gasteiger partial charge >= 0.3 is 0 Å². The van der Waals surface area contributed by atoms with Crippen LogP contribution in [-0.4, -0.2) is 55.2 Å². The van der Waals surface area contributed by atoms with Gasteiger partial charge in [0.2, 0.25) is 11.6 Å². The Morgan fingerprint density at radius 2 is 2.03 bits per heavy atom. The van der Waals surface area contributed by atoms with Crippen molar-refractivity contribution in [2.45, 2.75) is 20.3 Å². The van der Waals surface area contributed by atoms with Crippen molar-refractivity contribution in [2.75, 3.05) is 44.3 Å². The zero-order valence-electron chi connectivity index (χ0n) is 19.0. The van der Waals surface area contributed by atoms with Crippen LogP contribution in [0.1, 0.15) is 36.3 Å². The number of carbonyl (C=O) groups is 1. The first-order valence-electron chi connectivity index (χ1n) is 11.1.